The Labute approximate surface area is 157 Å². The molecule has 0 aliphatic rings. The van der Waals surface area contributed by atoms with Crippen LogP contribution in [0.1, 0.15) is 69.7 Å². The molecule has 98 valence electrons. The standard InChI is InChI=1S/C7H16.2C3H7.CH4.2Y/c1-6(2)7(3,4)5;2*1-3-2;;;/h6H,1-5H3;2*3H,1-2H3;1H4;;/q;2*-1;;;. The molecule has 0 bridgehead atoms. The second-order valence-electron chi connectivity index (χ2n) is 4.68. The first kappa shape index (κ1) is 36.2. The molecule has 0 saturated carbocycles. The Balaban J connectivity index is -0.0000000244. The fourth-order valence-corrected chi connectivity index (χ4v) is 0. The molecule has 0 fully saturated rings. The average Bonchev–Trinajstić information content (AvgIpc) is 1.88. The molecule has 0 unspecified atom stereocenters. The molecule has 0 nitrogen and oxygen atoms in total. The average molecular weight is 380 g/mol. The van der Waals surface area contributed by atoms with E-state index in [2.05, 4.69) is 34.6 Å². The molecule has 2 radical (unpaired) electrons. The number of hydrogen-bond acceptors (Lipinski definition) is 0. The Morgan fingerprint density at radius 1 is 0.750 bits per heavy atom. The molecule has 0 N–H and O–H groups in total. The molecule has 0 aromatic heterocycles. The van der Waals surface area contributed by atoms with Gasteiger partial charge in [-0.15, -0.1) is 0 Å². The van der Waals surface area contributed by atoms with Gasteiger partial charge in [0.2, 0.25) is 0 Å². The molecule has 0 heterocycles. The molecule has 0 aromatic rings. The SMILES string of the molecule is C.CC(C)C(C)(C)C.C[CH-]C.C[CH-]C.[Y].[Y]. The van der Waals surface area contributed by atoms with Crippen molar-refractivity contribution in [2.75, 3.05) is 0 Å². The van der Waals surface area contributed by atoms with Crippen molar-refractivity contribution in [3.63, 3.8) is 0 Å². The summed E-state index contributed by atoms with van der Waals surface area (Å²) < 4.78 is 0. The van der Waals surface area contributed by atoms with Gasteiger partial charge in [-0.25, -0.2) is 0 Å². The van der Waals surface area contributed by atoms with Gasteiger partial charge in [-0.1, -0.05) is 42.0 Å². The third-order valence-electron chi connectivity index (χ3n) is 1.73. The second-order valence-corrected chi connectivity index (χ2v) is 4.68. The van der Waals surface area contributed by atoms with Crippen LogP contribution in [0.3, 0.4) is 0 Å². The second kappa shape index (κ2) is 25.9. The van der Waals surface area contributed by atoms with Crippen LogP contribution in [0.4, 0.5) is 0 Å². The van der Waals surface area contributed by atoms with E-state index < -0.39 is 0 Å². The van der Waals surface area contributed by atoms with Gasteiger partial charge in [0.05, 0.1) is 0 Å². The third-order valence-corrected chi connectivity index (χ3v) is 1.73. The first-order valence-corrected chi connectivity index (χ1v) is 5.25. The van der Waals surface area contributed by atoms with Crippen molar-refractivity contribution in [2.24, 2.45) is 11.3 Å². The Bertz CT molecular complexity index is 71.3. The third kappa shape index (κ3) is 55.6. The van der Waals surface area contributed by atoms with E-state index in [4.69, 9.17) is 0 Å². The smallest absolute Gasteiger partial charge is 0 e. The van der Waals surface area contributed by atoms with Gasteiger partial charge in [0, 0.05) is 65.4 Å². The molecule has 2 heteroatoms. The molecular weight excluding hydrogens is 346 g/mol. The first-order valence-electron chi connectivity index (χ1n) is 5.25. The van der Waals surface area contributed by atoms with Crippen LogP contribution >= 0.6 is 0 Å². The molecular formula is C14H34Y2-2. The maximum atomic E-state index is 2.26. The van der Waals surface area contributed by atoms with E-state index in [1.807, 2.05) is 40.5 Å². The largest absolute Gasteiger partial charge is 0.335 e. The zero-order valence-corrected chi connectivity index (χ0v) is 18.1. The maximum Gasteiger partial charge on any atom is 0 e. The zero-order chi connectivity index (χ0) is 11.5. The topological polar surface area (TPSA) is 0 Å². The van der Waals surface area contributed by atoms with Gasteiger partial charge in [0.15, 0.2) is 0 Å². The van der Waals surface area contributed by atoms with Gasteiger partial charge in [-0.2, -0.15) is 27.7 Å². The van der Waals surface area contributed by atoms with Crippen molar-refractivity contribution in [3.8, 4) is 0 Å². The van der Waals surface area contributed by atoms with Crippen LogP contribution in [0.25, 0.3) is 0 Å². The molecule has 0 aromatic carbocycles. The summed E-state index contributed by atoms with van der Waals surface area (Å²) in [5, 5.41) is 0. The van der Waals surface area contributed by atoms with Gasteiger partial charge in [0.25, 0.3) is 0 Å². The summed E-state index contributed by atoms with van der Waals surface area (Å²) in [4.78, 5) is 0. The van der Waals surface area contributed by atoms with Crippen LogP contribution < -0.4 is 0 Å². The predicted molar refractivity (Wildman–Crippen MR) is 72.3 cm³/mol. The molecule has 0 aliphatic carbocycles. The van der Waals surface area contributed by atoms with Crippen molar-refractivity contribution < 1.29 is 65.4 Å². The summed E-state index contributed by atoms with van der Waals surface area (Å²) >= 11 is 0. The molecule has 0 atom stereocenters. The fraction of sp³-hybridized carbons (Fsp3) is 0.857. The molecule has 0 spiro atoms. The summed E-state index contributed by atoms with van der Waals surface area (Å²) in [6, 6.07) is 0. The minimum atomic E-state index is 0. The Morgan fingerprint density at radius 3 is 0.812 bits per heavy atom. The Hall–Kier alpha value is 2.21. The predicted octanol–water partition coefficient (Wildman–Crippen LogP) is 5.78. The molecule has 0 saturated heterocycles. The minimum absolute atomic E-state index is 0. The monoisotopic (exact) mass is 380 g/mol. The summed E-state index contributed by atoms with van der Waals surface area (Å²) in [6.07, 6.45) is 4.00. The molecule has 0 amide bonds. The van der Waals surface area contributed by atoms with Gasteiger partial charge < -0.3 is 12.8 Å². The van der Waals surface area contributed by atoms with E-state index >= 15 is 0 Å². The summed E-state index contributed by atoms with van der Waals surface area (Å²) in [5.41, 5.74) is 0.500. The zero-order valence-electron chi connectivity index (χ0n) is 12.4. The van der Waals surface area contributed by atoms with E-state index in [-0.39, 0.29) is 72.8 Å². The Kier molecular flexibility index (Phi) is 58.6. The van der Waals surface area contributed by atoms with Crippen molar-refractivity contribution in [2.45, 2.75) is 69.7 Å². The number of hydrogen-bond donors (Lipinski definition) is 0. The van der Waals surface area contributed by atoms with Gasteiger partial charge in [-0.3, -0.25) is 0 Å². The van der Waals surface area contributed by atoms with Gasteiger partial charge >= 0.3 is 0 Å². The molecule has 0 rings (SSSR count). The van der Waals surface area contributed by atoms with Crippen LogP contribution in [-0.4, -0.2) is 0 Å². The van der Waals surface area contributed by atoms with Crippen LogP contribution in [0.15, 0.2) is 0 Å². The van der Waals surface area contributed by atoms with Gasteiger partial charge in [-0.05, 0) is 11.3 Å². The normalized spacial score (nSPS) is 7.88. The van der Waals surface area contributed by atoms with E-state index in [0.29, 0.717) is 5.41 Å². The Morgan fingerprint density at radius 2 is 0.812 bits per heavy atom. The van der Waals surface area contributed by atoms with E-state index in [0.717, 1.165) is 5.92 Å². The van der Waals surface area contributed by atoms with E-state index in [1.165, 1.54) is 0 Å². The van der Waals surface area contributed by atoms with Crippen molar-refractivity contribution >= 4 is 0 Å². The van der Waals surface area contributed by atoms with Crippen LogP contribution in [0, 0.1) is 24.2 Å². The van der Waals surface area contributed by atoms with Crippen LogP contribution in [0.2, 0.25) is 0 Å². The minimum Gasteiger partial charge on any atom is -0.335 e. The van der Waals surface area contributed by atoms with Crippen molar-refractivity contribution in [1.82, 2.24) is 0 Å². The number of rotatable bonds is 0. The first-order chi connectivity index (χ1) is 5.77. The molecule has 0 aliphatic heterocycles. The van der Waals surface area contributed by atoms with E-state index in [1.54, 1.807) is 0 Å². The summed E-state index contributed by atoms with van der Waals surface area (Å²) in [5.74, 6) is 0.799. The maximum absolute atomic E-state index is 2.26. The van der Waals surface area contributed by atoms with Crippen molar-refractivity contribution in [3.05, 3.63) is 12.8 Å². The summed E-state index contributed by atoms with van der Waals surface area (Å²) in [7, 11) is 0. The van der Waals surface area contributed by atoms with Crippen molar-refractivity contribution in [1.29, 1.82) is 0 Å². The van der Waals surface area contributed by atoms with Crippen LogP contribution in [0.5, 0.6) is 0 Å². The van der Waals surface area contributed by atoms with E-state index in [9.17, 15) is 0 Å². The summed E-state index contributed by atoms with van der Waals surface area (Å²) in [6.45, 7) is 19.3. The quantitative estimate of drug-likeness (QED) is 0.468. The molecule has 16 heavy (non-hydrogen) atoms. The van der Waals surface area contributed by atoms with Gasteiger partial charge in [0.1, 0.15) is 0 Å². The fourth-order valence-electron chi connectivity index (χ4n) is 0. The van der Waals surface area contributed by atoms with Crippen LogP contribution in [-0.2, 0) is 65.4 Å².